The van der Waals surface area contributed by atoms with Crippen molar-refractivity contribution in [2.24, 2.45) is 0 Å². The summed E-state index contributed by atoms with van der Waals surface area (Å²) in [5.41, 5.74) is 3.80. The van der Waals surface area contributed by atoms with Crippen molar-refractivity contribution in [2.45, 2.75) is 46.3 Å². The van der Waals surface area contributed by atoms with Crippen molar-refractivity contribution in [2.75, 3.05) is 0 Å². The van der Waals surface area contributed by atoms with Gasteiger partial charge in [-0.3, -0.25) is 4.98 Å². The lowest BCUT2D eigenvalue weighted by atomic mass is 10.1. The summed E-state index contributed by atoms with van der Waals surface area (Å²) in [5.74, 6) is 0. The molecule has 0 spiro atoms. The quantitative estimate of drug-likeness (QED) is 0.912. The van der Waals surface area contributed by atoms with E-state index in [1.807, 2.05) is 12.3 Å². The van der Waals surface area contributed by atoms with Crippen LogP contribution in [0.25, 0.3) is 0 Å². The van der Waals surface area contributed by atoms with Gasteiger partial charge in [0.05, 0.1) is 12.2 Å². The number of nitrogens with zero attached hydrogens (tertiary/aromatic N) is 2. The maximum absolute atomic E-state index is 4.46. The second-order valence-corrected chi connectivity index (χ2v) is 6.00. The van der Waals surface area contributed by atoms with Crippen LogP contribution in [-0.2, 0) is 13.1 Å². The highest BCUT2D eigenvalue weighted by atomic mass is 15.0. The molecule has 0 saturated heterocycles. The average Bonchev–Trinajstić information content (AvgIpc) is 2.76. The molecule has 0 unspecified atom stereocenters. The van der Waals surface area contributed by atoms with E-state index < -0.39 is 0 Å². The largest absolute Gasteiger partial charge is 0.344 e. The van der Waals surface area contributed by atoms with Crippen molar-refractivity contribution in [3.63, 3.8) is 0 Å². The van der Waals surface area contributed by atoms with Gasteiger partial charge in [0.2, 0.25) is 0 Å². The fourth-order valence-corrected chi connectivity index (χ4v) is 1.97. The van der Waals surface area contributed by atoms with Gasteiger partial charge in [-0.15, -0.1) is 0 Å². The first-order valence-corrected chi connectivity index (χ1v) is 6.75. The first kappa shape index (κ1) is 13.8. The molecule has 0 aromatic carbocycles. The van der Waals surface area contributed by atoms with Crippen molar-refractivity contribution in [1.82, 2.24) is 14.9 Å². The van der Waals surface area contributed by atoms with Crippen molar-refractivity contribution in [3.05, 3.63) is 53.6 Å². The van der Waals surface area contributed by atoms with E-state index in [1.54, 1.807) is 0 Å². The van der Waals surface area contributed by atoms with E-state index in [-0.39, 0.29) is 5.54 Å². The third-order valence-electron chi connectivity index (χ3n) is 3.16. The summed E-state index contributed by atoms with van der Waals surface area (Å²) in [7, 11) is 0. The number of aryl methyl sites for hydroxylation is 1. The Balaban J connectivity index is 2.10. The SMILES string of the molecule is Cc1cccnc1Cn1cccc1CNC(C)(C)C. The maximum atomic E-state index is 4.46. The minimum Gasteiger partial charge on any atom is -0.344 e. The van der Waals surface area contributed by atoms with Gasteiger partial charge in [0.25, 0.3) is 0 Å². The second kappa shape index (κ2) is 5.57. The predicted octanol–water partition coefficient (Wildman–Crippen LogP) is 3.13. The van der Waals surface area contributed by atoms with E-state index in [0.717, 1.165) is 18.8 Å². The van der Waals surface area contributed by atoms with Crippen LogP contribution in [0.2, 0.25) is 0 Å². The lowest BCUT2D eigenvalue weighted by Crippen LogP contribution is -2.35. The summed E-state index contributed by atoms with van der Waals surface area (Å²) >= 11 is 0. The molecule has 2 aromatic heterocycles. The molecule has 2 rings (SSSR count). The Bertz CT molecular complexity index is 535. The highest BCUT2D eigenvalue weighted by Crippen LogP contribution is 2.10. The van der Waals surface area contributed by atoms with Crippen LogP contribution in [-0.4, -0.2) is 15.1 Å². The summed E-state index contributed by atoms with van der Waals surface area (Å²) in [4.78, 5) is 4.46. The molecule has 2 heterocycles. The zero-order valence-corrected chi connectivity index (χ0v) is 12.3. The minimum absolute atomic E-state index is 0.135. The van der Waals surface area contributed by atoms with E-state index in [4.69, 9.17) is 0 Å². The van der Waals surface area contributed by atoms with Gasteiger partial charge in [0, 0.05) is 30.2 Å². The molecule has 0 aliphatic carbocycles. The molecule has 0 bridgehead atoms. The topological polar surface area (TPSA) is 29.9 Å². The number of hydrogen-bond acceptors (Lipinski definition) is 2. The number of aromatic nitrogens is 2. The van der Waals surface area contributed by atoms with Crippen LogP contribution < -0.4 is 5.32 Å². The molecule has 0 amide bonds. The molecule has 0 saturated carbocycles. The smallest absolute Gasteiger partial charge is 0.0648 e. The maximum Gasteiger partial charge on any atom is 0.0648 e. The highest BCUT2D eigenvalue weighted by Gasteiger charge is 2.10. The van der Waals surface area contributed by atoms with Crippen molar-refractivity contribution in [3.8, 4) is 0 Å². The Labute approximate surface area is 115 Å². The van der Waals surface area contributed by atoms with Gasteiger partial charge in [-0.2, -0.15) is 0 Å². The van der Waals surface area contributed by atoms with Crippen LogP contribution in [0.1, 0.15) is 37.7 Å². The summed E-state index contributed by atoms with van der Waals surface area (Å²) < 4.78 is 2.26. The van der Waals surface area contributed by atoms with E-state index in [0.29, 0.717) is 0 Å². The second-order valence-electron chi connectivity index (χ2n) is 6.00. The van der Waals surface area contributed by atoms with Crippen LogP contribution in [0.5, 0.6) is 0 Å². The molecule has 19 heavy (non-hydrogen) atoms. The Hall–Kier alpha value is -1.61. The van der Waals surface area contributed by atoms with Crippen molar-refractivity contribution < 1.29 is 0 Å². The van der Waals surface area contributed by atoms with E-state index in [2.05, 4.69) is 67.0 Å². The Morgan fingerprint density at radius 1 is 1.21 bits per heavy atom. The summed E-state index contributed by atoms with van der Waals surface area (Å²) in [5, 5.41) is 3.52. The van der Waals surface area contributed by atoms with E-state index in [1.165, 1.54) is 11.3 Å². The first-order chi connectivity index (χ1) is 8.96. The fourth-order valence-electron chi connectivity index (χ4n) is 1.97. The Morgan fingerprint density at radius 3 is 2.68 bits per heavy atom. The first-order valence-electron chi connectivity index (χ1n) is 6.75. The molecule has 0 atom stereocenters. The Kier molecular flexibility index (Phi) is 4.05. The molecule has 0 fully saturated rings. The molecule has 1 N–H and O–H groups in total. The normalized spacial score (nSPS) is 11.8. The summed E-state index contributed by atoms with van der Waals surface area (Å²) in [6.07, 6.45) is 3.98. The highest BCUT2D eigenvalue weighted by molar-refractivity contribution is 5.19. The molecule has 2 aromatic rings. The predicted molar refractivity (Wildman–Crippen MR) is 79.1 cm³/mol. The van der Waals surface area contributed by atoms with Gasteiger partial charge < -0.3 is 9.88 Å². The molecular formula is C16H23N3. The Morgan fingerprint density at radius 2 is 2.00 bits per heavy atom. The monoisotopic (exact) mass is 257 g/mol. The van der Waals surface area contributed by atoms with Gasteiger partial charge in [-0.1, -0.05) is 6.07 Å². The number of rotatable bonds is 4. The lowest BCUT2D eigenvalue weighted by Gasteiger charge is -2.21. The molecular weight excluding hydrogens is 234 g/mol. The summed E-state index contributed by atoms with van der Waals surface area (Å²) in [6.45, 7) is 10.4. The van der Waals surface area contributed by atoms with Gasteiger partial charge in [0.1, 0.15) is 0 Å². The number of nitrogens with one attached hydrogen (secondary N) is 1. The minimum atomic E-state index is 0.135. The van der Waals surface area contributed by atoms with Crippen LogP contribution in [0.4, 0.5) is 0 Å². The third kappa shape index (κ3) is 3.93. The third-order valence-corrected chi connectivity index (χ3v) is 3.16. The van der Waals surface area contributed by atoms with E-state index in [9.17, 15) is 0 Å². The van der Waals surface area contributed by atoms with Crippen LogP contribution in [0.3, 0.4) is 0 Å². The zero-order valence-electron chi connectivity index (χ0n) is 12.3. The van der Waals surface area contributed by atoms with E-state index >= 15 is 0 Å². The molecule has 0 radical (unpaired) electrons. The lowest BCUT2D eigenvalue weighted by molar-refractivity contribution is 0.416. The average molecular weight is 257 g/mol. The van der Waals surface area contributed by atoms with Crippen molar-refractivity contribution >= 4 is 0 Å². The van der Waals surface area contributed by atoms with Gasteiger partial charge in [-0.25, -0.2) is 0 Å². The molecule has 102 valence electrons. The van der Waals surface area contributed by atoms with Gasteiger partial charge >= 0.3 is 0 Å². The molecule has 0 aliphatic heterocycles. The molecule has 0 aliphatic rings. The molecule has 3 nitrogen and oxygen atoms in total. The molecule has 3 heteroatoms. The van der Waals surface area contributed by atoms with Gasteiger partial charge in [0.15, 0.2) is 0 Å². The zero-order chi connectivity index (χ0) is 13.9. The fraction of sp³-hybridized carbons (Fsp3) is 0.438. The van der Waals surface area contributed by atoms with Gasteiger partial charge in [-0.05, 0) is 51.5 Å². The standard InChI is InChI=1S/C16H23N3/c1-13-7-5-9-17-15(13)12-19-10-6-8-14(19)11-18-16(2,3)4/h5-10,18H,11-12H2,1-4H3. The number of hydrogen-bond donors (Lipinski definition) is 1. The van der Waals surface area contributed by atoms with Crippen LogP contribution >= 0.6 is 0 Å². The summed E-state index contributed by atoms with van der Waals surface area (Å²) in [6, 6.07) is 8.35. The van der Waals surface area contributed by atoms with Crippen molar-refractivity contribution in [1.29, 1.82) is 0 Å². The van der Waals surface area contributed by atoms with Crippen LogP contribution in [0, 0.1) is 6.92 Å². The number of pyridine rings is 1. The van der Waals surface area contributed by atoms with Crippen LogP contribution in [0.15, 0.2) is 36.7 Å².